The van der Waals surface area contributed by atoms with E-state index < -0.39 is 5.91 Å². The summed E-state index contributed by atoms with van der Waals surface area (Å²) < 4.78 is 0. The molecular weight excluding hydrogens is 168 g/mol. The van der Waals surface area contributed by atoms with Gasteiger partial charge in [-0.05, 0) is 19.1 Å². The molecule has 1 aromatic heterocycles. The van der Waals surface area contributed by atoms with Crippen molar-refractivity contribution >= 4 is 17.4 Å². The van der Waals surface area contributed by atoms with Crippen LogP contribution in [0.15, 0.2) is 12.1 Å². The molecule has 0 saturated heterocycles. The summed E-state index contributed by atoms with van der Waals surface area (Å²) in [7, 11) is 0. The molecule has 0 spiro atoms. The maximum atomic E-state index is 10.4. The van der Waals surface area contributed by atoms with Crippen molar-refractivity contribution in [3.05, 3.63) is 17.8 Å². The first kappa shape index (κ1) is 9.31. The van der Waals surface area contributed by atoms with Gasteiger partial charge in [-0.25, -0.2) is 4.98 Å². The zero-order valence-electron chi connectivity index (χ0n) is 7.37. The highest BCUT2D eigenvalue weighted by molar-refractivity contribution is 5.78. The minimum atomic E-state index is -0.420. The predicted molar refractivity (Wildman–Crippen MR) is 51.1 cm³/mol. The molecule has 0 aliphatic heterocycles. The van der Waals surface area contributed by atoms with Gasteiger partial charge in [0, 0.05) is 0 Å². The third kappa shape index (κ3) is 2.62. The topological polar surface area (TPSA) is 94.0 Å². The van der Waals surface area contributed by atoms with Crippen LogP contribution >= 0.6 is 0 Å². The molecule has 70 valence electrons. The minimum absolute atomic E-state index is 0.0797. The summed E-state index contributed by atoms with van der Waals surface area (Å²) in [6.07, 6.45) is 0. The quantitative estimate of drug-likeness (QED) is 0.604. The number of carbonyl (C=O) groups is 1. The van der Waals surface area contributed by atoms with Crippen molar-refractivity contribution < 1.29 is 4.79 Å². The molecule has 13 heavy (non-hydrogen) atoms. The normalized spacial score (nSPS) is 9.62. The molecule has 0 saturated carbocycles. The highest BCUT2D eigenvalue weighted by Gasteiger charge is 1.98. The van der Waals surface area contributed by atoms with Gasteiger partial charge in [0.25, 0.3) is 0 Å². The van der Waals surface area contributed by atoms with E-state index in [2.05, 4.69) is 10.3 Å². The molecule has 0 atom stereocenters. The van der Waals surface area contributed by atoms with Gasteiger partial charge in [-0.3, -0.25) is 4.79 Å². The second-order valence-corrected chi connectivity index (χ2v) is 2.69. The third-order valence-electron chi connectivity index (χ3n) is 1.57. The van der Waals surface area contributed by atoms with Crippen LogP contribution in [-0.2, 0) is 4.79 Å². The van der Waals surface area contributed by atoms with Crippen LogP contribution in [0.1, 0.15) is 5.69 Å². The molecule has 1 heterocycles. The average Bonchev–Trinajstić information content (AvgIpc) is 2.07. The largest absolute Gasteiger partial charge is 0.397 e. The molecule has 0 fully saturated rings. The Morgan fingerprint density at radius 1 is 1.62 bits per heavy atom. The molecule has 5 heteroatoms. The lowest BCUT2D eigenvalue weighted by atomic mass is 10.3. The van der Waals surface area contributed by atoms with Gasteiger partial charge in [-0.2, -0.15) is 0 Å². The minimum Gasteiger partial charge on any atom is -0.397 e. The fraction of sp³-hybridized carbons (Fsp3) is 0.250. The lowest BCUT2D eigenvalue weighted by Gasteiger charge is -2.04. The summed E-state index contributed by atoms with van der Waals surface area (Å²) in [6.45, 7) is 1.88. The molecule has 5 nitrogen and oxygen atoms in total. The predicted octanol–water partition coefficient (Wildman–Crippen LogP) is -0.131. The van der Waals surface area contributed by atoms with Crippen LogP contribution < -0.4 is 16.8 Å². The Labute approximate surface area is 76.1 Å². The van der Waals surface area contributed by atoms with Gasteiger partial charge in [-0.1, -0.05) is 0 Å². The second-order valence-electron chi connectivity index (χ2n) is 2.69. The van der Waals surface area contributed by atoms with E-state index in [1.54, 1.807) is 19.1 Å². The van der Waals surface area contributed by atoms with Crippen LogP contribution in [0.2, 0.25) is 0 Å². The Morgan fingerprint density at radius 2 is 2.31 bits per heavy atom. The SMILES string of the molecule is Cc1nc(NCC(N)=O)ccc1N. The number of nitrogens with zero attached hydrogens (tertiary/aromatic N) is 1. The van der Waals surface area contributed by atoms with Crippen molar-refractivity contribution in [1.29, 1.82) is 0 Å². The average molecular weight is 180 g/mol. The molecule has 1 aromatic rings. The Kier molecular flexibility index (Phi) is 2.69. The monoisotopic (exact) mass is 180 g/mol. The van der Waals surface area contributed by atoms with Gasteiger partial charge in [0.05, 0.1) is 17.9 Å². The Bertz CT molecular complexity index is 324. The number of hydrogen-bond donors (Lipinski definition) is 3. The van der Waals surface area contributed by atoms with Crippen molar-refractivity contribution in [2.45, 2.75) is 6.92 Å². The van der Waals surface area contributed by atoms with E-state index >= 15 is 0 Å². The summed E-state index contributed by atoms with van der Waals surface area (Å²) in [4.78, 5) is 14.5. The zero-order valence-corrected chi connectivity index (χ0v) is 7.37. The highest BCUT2D eigenvalue weighted by Crippen LogP contribution is 2.10. The van der Waals surface area contributed by atoms with Gasteiger partial charge >= 0.3 is 0 Å². The molecule has 0 aliphatic carbocycles. The fourth-order valence-electron chi connectivity index (χ4n) is 0.848. The molecule has 1 amide bonds. The van der Waals surface area contributed by atoms with E-state index in [1.807, 2.05) is 0 Å². The third-order valence-corrected chi connectivity index (χ3v) is 1.57. The molecular formula is C8H12N4O. The van der Waals surface area contributed by atoms with E-state index in [1.165, 1.54) is 0 Å². The Hall–Kier alpha value is -1.78. The van der Waals surface area contributed by atoms with Gasteiger partial charge in [-0.15, -0.1) is 0 Å². The van der Waals surface area contributed by atoms with Crippen LogP contribution in [-0.4, -0.2) is 17.4 Å². The first-order valence-corrected chi connectivity index (χ1v) is 3.85. The number of hydrogen-bond acceptors (Lipinski definition) is 4. The van der Waals surface area contributed by atoms with Gasteiger partial charge in [0.1, 0.15) is 5.82 Å². The maximum Gasteiger partial charge on any atom is 0.236 e. The van der Waals surface area contributed by atoms with E-state index in [-0.39, 0.29) is 6.54 Å². The number of carbonyl (C=O) groups excluding carboxylic acids is 1. The van der Waals surface area contributed by atoms with Gasteiger partial charge in [0.15, 0.2) is 0 Å². The van der Waals surface area contributed by atoms with Crippen molar-refractivity contribution in [3.8, 4) is 0 Å². The second kappa shape index (κ2) is 3.75. The molecule has 0 radical (unpaired) electrons. The summed E-state index contributed by atoms with van der Waals surface area (Å²) in [5.41, 5.74) is 11.9. The van der Waals surface area contributed by atoms with Crippen molar-refractivity contribution in [1.82, 2.24) is 4.98 Å². The lowest BCUT2D eigenvalue weighted by molar-refractivity contribution is -0.116. The first-order chi connectivity index (χ1) is 6.09. The Balaban J connectivity index is 2.68. The van der Waals surface area contributed by atoms with Crippen molar-refractivity contribution in [3.63, 3.8) is 0 Å². The van der Waals surface area contributed by atoms with E-state index in [9.17, 15) is 4.79 Å². The number of anilines is 2. The summed E-state index contributed by atoms with van der Waals surface area (Å²) >= 11 is 0. The van der Waals surface area contributed by atoms with Crippen LogP contribution in [0.25, 0.3) is 0 Å². The van der Waals surface area contributed by atoms with Crippen LogP contribution in [0.3, 0.4) is 0 Å². The van der Waals surface area contributed by atoms with E-state index in [0.717, 1.165) is 5.69 Å². The van der Waals surface area contributed by atoms with Crippen LogP contribution in [0.4, 0.5) is 11.5 Å². The molecule has 0 bridgehead atoms. The van der Waals surface area contributed by atoms with Crippen molar-refractivity contribution in [2.24, 2.45) is 5.73 Å². The summed E-state index contributed by atoms with van der Waals surface area (Å²) in [6, 6.07) is 3.43. The van der Waals surface area contributed by atoms with E-state index in [0.29, 0.717) is 11.5 Å². The number of aryl methyl sites for hydroxylation is 1. The first-order valence-electron chi connectivity index (χ1n) is 3.85. The number of rotatable bonds is 3. The maximum absolute atomic E-state index is 10.4. The Morgan fingerprint density at radius 3 is 2.85 bits per heavy atom. The standard InChI is InChI=1S/C8H12N4O/c1-5-6(9)2-3-8(12-5)11-4-7(10)13/h2-3H,4,9H2,1H3,(H2,10,13)(H,11,12). The summed E-state index contributed by atoms with van der Waals surface area (Å²) in [5.74, 6) is 0.182. The molecule has 0 unspecified atom stereocenters. The van der Waals surface area contributed by atoms with Crippen molar-refractivity contribution in [2.75, 3.05) is 17.6 Å². The number of nitrogen functional groups attached to an aromatic ring is 1. The molecule has 0 aromatic carbocycles. The molecule has 5 N–H and O–H groups in total. The number of amides is 1. The number of aromatic nitrogens is 1. The van der Waals surface area contributed by atoms with Crippen LogP contribution in [0.5, 0.6) is 0 Å². The number of nitrogens with one attached hydrogen (secondary N) is 1. The van der Waals surface area contributed by atoms with Gasteiger partial charge in [0.2, 0.25) is 5.91 Å². The highest BCUT2D eigenvalue weighted by atomic mass is 16.1. The number of pyridine rings is 1. The zero-order chi connectivity index (χ0) is 9.84. The van der Waals surface area contributed by atoms with Gasteiger partial charge < -0.3 is 16.8 Å². The lowest BCUT2D eigenvalue weighted by Crippen LogP contribution is -2.22. The fourth-order valence-corrected chi connectivity index (χ4v) is 0.848. The molecule has 1 rings (SSSR count). The number of nitrogens with two attached hydrogens (primary N) is 2. The number of primary amides is 1. The van der Waals surface area contributed by atoms with E-state index in [4.69, 9.17) is 11.5 Å². The summed E-state index contributed by atoms with van der Waals surface area (Å²) in [5, 5.41) is 2.77. The van der Waals surface area contributed by atoms with Crippen LogP contribution in [0, 0.1) is 6.92 Å². The molecule has 0 aliphatic rings. The smallest absolute Gasteiger partial charge is 0.236 e.